The maximum atomic E-state index is 12.9. The van der Waals surface area contributed by atoms with Crippen molar-refractivity contribution in [3.8, 4) is 0 Å². The number of fused-ring (bicyclic) bond motifs is 3. The summed E-state index contributed by atoms with van der Waals surface area (Å²) >= 11 is 5.88. The zero-order valence-corrected chi connectivity index (χ0v) is 15.8. The van der Waals surface area contributed by atoms with E-state index < -0.39 is 42.3 Å². The Bertz CT molecular complexity index is 706. The van der Waals surface area contributed by atoms with E-state index >= 15 is 0 Å². The molecule has 8 heteroatoms. The van der Waals surface area contributed by atoms with E-state index in [-0.39, 0.29) is 5.91 Å². The monoisotopic (exact) mass is 383 g/mol. The van der Waals surface area contributed by atoms with E-state index in [1.807, 2.05) is 0 Å². The van der Waals surface area contributed by atoms with Crippen LogP contribution in [0, 0.1) is 0 Å². The molecule has 0 aromatic heterocycles. The van der Waals surface area contributed by atoms with Crippen LogP contribution in [0.5, 0.6) is 0 Å². The number of halogens is 1. The maximum Gasteiger partial charge on any atom is 0.256 e. The minimum Gasteiger partial charge on any atom is -0.342 e. The average molecular weight is 384 g/mol. The van der Waals surface area contributed by atoms with Gasteiger partial charge in [-0.05, 0) is 52.0 Å². The Morgan fingerprint density at radius 2 is 1.50 bits per heavy atom. The van der Waals surface area contributed by atoms with Crippen molar-refractivity contribution in [2.75, 3.05) is 5.32 Å². The van der Waals surface area contributed by atoms with Crippen LogP contribution in [0.25, 0.3) is 0 Å². The topological polar surface area (TPSA) is 75.3 Å². The van der Waals surface area contributed by atoms with Crippen LogP contribution >= 0.6 is 11.6 Å². The molecule has 0 radical (unpaired) electrons. The lowest BCUT2D eigenvalue weighted by Gasteiger charge is -2.36. The molecule has 3 fully saturated rings. The summed E-state index contributed by atoms with van der Waals surface area (Å²) in [6, 6.07) is 6.84. The Balaban J connectivity index is 1.57. The number of benzene rings is 1. The van der Waals surface area contributed by atoms with E-state index in [1.165, 1.54) is 0 Å². The number of rotatable bonds is 2. The van der Waals surface area contributed by atoms with Gasteiger partial charge >= 0.3 is 0 Å². The fraction of sp³-hybridized carbons (Fsp3) is 0.611. The fourth-order valence-electron chi connectivity index (χ4n) is 3.57. The zero-order chi connectivity index (χ0) is 18.7. The molecule has 3 aliphatic heterocycles. The van der Waals surface area contributed by atoms with Crippen molar-refractivity contribution in [1.82, 2.24) is 0 Å². The van der Waals surface area contributed by atoms with E-state index in [4.69, 9.17) is 35.3 Å². The fourth-order valence-corrected chi connectivity index (χ4v) is 3.70. The molecule has 1 amide bonds. The van der Waals surface area contributed by atoms with Gasteiger partial charge in [0.2, 0.25) is 0 Å². The second-order valence-electron chi connectivity index (χ2n) is 7.59. The van der Waals surface area contributed by atoms with Crippen LogP contribution in [0.1, 0.15) is 27.7 Å². The number of hydrogen-bond donors (Lipinski definition) is 1. The van der Waals surface area contributed by atoms with Crippen LogP contribution in [-0.2, 0) is 28.5 Å². The maximum absolute atomic E-state index is 12.9. The first-order valence-electron chi connectivity index (χ1n) is 8.57. The third-order valence-electron chi connectivity index (χ3n) is 4.52. The quantitative estimate of drug-likeness (QED) is 0.846. The van der Waals surface area contributed by atoms with Crippen LogP contribution < -0.4 is 5.32 Å². The van der Waals surface area contributed by atoms with Crippen molar-refractivity contribution in [1.29, 1.82) is 0 Å². The summed E-state index contributed by atoms with van der Waals surface area (Å²) < 4.78 is 29.6. The minimum atomic E-state index is -0.892. The number of hydrogen-bond acceptors (Lipinski definition) is 6. The Hall–Kier alpha value is -1.22. The lowest BCUT2D eigenvalue weighted by atomic mass is 9.98. The Kier molecular flexibility index (Phi) is 4.30. The van der Waals surface area contributed by atoms with Crippen LogP contribution in [0.3, 0.4) is 0 Å². The molecule has 4 rings (SSSR count). The highest BCUT2D eigenvalue weighted by atomic mass is 35.5. The minimum absolute atomic E-state index is 0.338. The van der Waals surface area contributed by atoms with Gasteiger partial charge in [-0.3, -0.25) is 4.79 Å². The summed E-state index contributed by atoms with van der Waals surface area (Å²) in [5.41, 5.74) is 0.615. The molecule has 5 atom stereocenters. The number of carbonyl (C=O) groups is 1. The van der Waals surface area contributed by atoms with E-state index in [1.54, 1.807) is 52.0 Å². The van der Waals surface area contributed by atoms with Crippen LogP contribution in [0.4, 0.5) is 5.69 Å². The molecule has 1 aromatic carbocycles. The molecule has 3 saturated heterocycles. The highest BCUT2D eigenvalue weighted by Crippen LogP contribution is 2.44. The highest BCUT2D eigenvalue weighted by Gasteiger charge is 2.62. The van der Waals surface area contributed by atoms with E-state index in [0.29, 0.717) is 10.7 Å². The Labute approximate surface area is 156 Å². The van der Waals surface area contributed by atoms with Crippen molar-refractivity contribution >= 4 is 23.2 Å². The first-order valence-corrected chi connectivity index (χ1v) is 8.95. The largest absolute Gasteiger partial charge is 0.342 e. The number of carbonyl (C=O) groups excluding carboxylic acids is 1. The SMILES string of the molecule is CC1(C)O[C@H]2O[C@@H](C(=O)Nc3ccc(Cl)cc3)[C@H]3OC(C)(C)O[C@H]3[C@H]2O1. The molecule has 0 aliphatic carbocycles. The molecule has 1 N–H and O–H groups in total. The first-order chi connectivity index (χ1) is 12.1. The predicted molar refractivity (Wildman–Crippen MR) is 92.6 cm³/mol. The van der Waals surface area contributed by atoms with E-state index in [9.17, 15) is 4.79 Å². The van der Waals surface area contributed by atoms with Crippen molar-refractivity contribution in [3.63, 3.8) is 0 Å². The van der Waals surface area contributed by atoms with E-state index in [0.717, 1.165) is 0 Å². The van der Waals surface area contributed by atoms with Crippen molar-refractivity contribution in [2.24, 2.45) is 0 Å². The molecule has 7 nitrogen and oxygen atoms in total. The van der Waals surface area contributed by atoms with Crippen molar-refractivity contribution in [3.05, 3.63) is 29.3 Å². The summed E-state index contributed by atoms with van der Waals surface area (Å²) in [7, 11) is 0. The number of amides is 1. The molecule has 0 unspecified atom stereocenters. The van der Waals surface area contributed by atoms with Gasteiger partial charge in [0, 0.05) is 10.7 Å². The van der Waals surface area contributed by atoms with Crippen LogP contribution in [0.2, 0.25) is 5.02 Å². The normalized spacial score (nSPS) is 37.0. The van der Waals surface area contributed by atoms with Crippen LogP contribution in [0.15, 0.2) is 24.3 Å². The number of anilines is 1. The van der Waals surface area contributed by atoms with Crippen molar-refractivity contribution in [2.45, 2.75) is 70.0 Å². The summed E-state index contributed by atoms with van der Waals surface area (Å²) in [4.78, 5) is 12.9. The molecule has 0 bridgehead atoms. The Morgan fingerprint density at radius 1 is 0.923 bits per heavy atom. The zero-order valence-electron chi connectivity index (χ0n) is 15.0. The second kappa shape index (κ2) is 6.15. The summed E-state index contributed by atoms with van der Waals surface area (Å²) in [5, 5.41) is 3.42. The van der Waals surface area contributed by atoms with Gasteiger partial charge in [-0.15, -0.1) is 0 Å². The summed E-state index contributed by atoms with van der Waals surface area (Å²) in [6.45, 7) is 7.20. The second-order valence-corrected chi connectivity index (χ2v) is 8.02. The van der Waals surface area contributed by atoms with Gasteiger partial charge in [0.05, 0.1) is 0 Å². The Morgan fingerprint density at radius 3 is 2.19 bits per heavy atom. The molecule has 142 valence electrons. The summed E-state index contributed by atoms with van der Waals surface area (Å²) in [5.74, 6) is -2.00. The molecule has 3 heterocycles. The van der Waals surface area contributed by atoms with Gasteiger partial charge in [-0.1, -0.05) is 11.6 Å². The first kappa shape index (κ1) is 18.2. The van der Waals surface area contributed by atoms with Crippen LogP contribution in [-0.4, -0.2) is 48.2 Å². The lowest BCUT2D eigenvalue weighted by Crippen LogP contribution is -2.58. The molecule has 0 spiro atoms. The third kappa shape index (κ3) is 3.35. The van der Waals surface area contributed by atoms with Gasteiger partial charge in [-0.2, -0.15) is 0 Å². The third-order valence-corrected chi connectivity index (χ3v) is 4.78. The van der Waals surface area contributed by atoms with E-state index in [2.05, 4.69) is 5.32 Å². The molecule has 0 saturated carbocycles. The average Bonchev–Trinajstić information content (AvgIpc) is 3.02. The number of ether oxygens (including phenoxy) is 5. The summed E-state index contributed by atoms with van der Waals surface area (Å²) in [6.07, 6.45) is -3.13. The van der Waals surface area contributed by atoms with Gasteiger partial charge in [0.15, 0.2) is 24.0 Å². The molecule has 3 aliphatic rings. The predicted octanol–water partition coefficient (Wildman–Crippen LogP) is 2.68. The van der Waals surface area contributed by atoms with Gasteiger partial charge in [-0.25, -0.2) is 0 Å². The number of nitrogens with one attached hydrogen (secondary N) is 1. The molecule has 1 aromatic rings. The van der Waals surface area contributed by atoms with Gasteiger partial charge in [0.25, 0.3) is 5.91 Å². The molecular formula is C18H22ClNO6. The van der Waals surface area contributed by atoms with Crippen molar-refractivity contribution < 1.29 is 28.5 Å². The van der Waals surface area contributed by atoms with Gasteiger partial charge in [0.1, 0.15) is 18.3 Å². The smallest absolute Gasteiger partial charge is 0.256 e. The van der Waals surface area contributed by atoms with Gasteiger partial charge < -0.3 is 29.0 Å². The standard InChI is InChI=1S/C18H22ClNO6/c1-17(2)23-11-12(24-17)14-16(26-18(3,4)25-14)22-13(11)15(21)20-10-7-5-9(19)6-8-10/h5-8,11-14,16H,1-4H3,(H,20,21)/t11-,12+,13+,14+,16+/m0/s1. The lowest BCUT2D eigenvalue weighted by molar-refractivity contribution is -0.229. The molecular weight excluding hydrogens is 362 g/mol. The molecule has 26 heavy (non-hydrogen) atoms. The highest BCUT2D eigenvalue weighted by molar-refractivity contribution is 6.30.